The summed E-state index contributed by atoms with van der Waals surface area (Å²) in [6, 6.07) is 6.73. The standard InChI is InChI=1S/C28H36N6/c1-6-9-14-22(8-3)34-20(5)25-19(4)12-11-13-21(25)16-23(34)17-31-28-26(24(29)15-10-7-2)27(30)32-18-33-28/h11-13,16,18,22,29H,5-9,14,17H2,1-4H3,(H3,30,31,32,33). The average Bonchev–Trinajstić information content (AvgIpc) is 2.82. The third-order valence-corrected chi connectivity index (χ3v) is 6.20. The Hall–Kier alpha value is -3.59. The van der Waals surface area contributed by atoms with E-state index in [0.717, 1.165) is 30.7 Å². The first-order valence-corrected chi connectivity index (χ1v) is 12.1. The Labute approximate surface area is 203 Å². The number of hydrogen-bond acceptors (Lipinski definition) is 6. The summed E-state index contributed by atoms with van der Waals surface area (Å²) in [5, 5.41) is 11.8. The molecular formula is C28H36N6. The van der Waals surface area contributed by atoms with Crippen molar-refractivity contribution in [2.75, 3.05) is 17.6 Å². The van der Waals surface area contributed by atoms with Crippen LogP contribution < -0.4 is 11.1 Å². The van der Waals surface area contributed by atoms with Crippen molar-refractivity contribution in [1.82, 2.24) is 14.9 Å². The number of aromatic nitrogens is 2. The molecule has 2 aromatic rings. The summed E-state index contributed by atoms with van der Waals surface area (Å²) in [6.45, 7) is 13.6. The van der Waals surface area contributed by atoms with Crippen LogP contribution in [0.25, 0.3) is 11.8 Å². The number of benzene rings is 1. The third-order valence-electron chi connectivity index (χ3n) is 6.20. The van der Waals surface area contributed by atoms with Crippen molar-refractivity contribution in [1.29, 1.82) is 5.41 Å². The average molecular weight is 457 g/mol. The second-order valence-corrected chi connectivity index (χ2v) is 8.56. The summed E-state index contributed by atoms with van der Waals surface area (Å²) in [5.74, 6) is 6.55. The molecule has 178 valence electrons. The lowest BCUT2D eigenvalue weighted by molar-refractivity contribution is 0.319. The van der Waals surface area contributed by atoms with Crippen molar-refractivity contribution in [2.24, 2.45) is 0 Å². The van der Waals surface area contributed by atoms with Gasteiger partial charge in [-0.05, 0) is 42.9 Å². The van der Waals surface area contributed by atoms with Gasteiger partial charge in [-0.1, -0.05) is 64.3 Å². The van der Waals surface area contributed by atoms with Crippen LogP contribution in [-0.4, -0.2) is 33.2 Å². The fourth-order valence-corrected chi connectivity index (χ4v) is 4.49. The van der Waals surface area contributed by atoms with Crippen LogP contribution in [0.15, 0.2) is 36.8 Å². The first-order chi connectivity index (χ1) is 16.4. The van der Waals surface area contributed by atoms with Gasteiger partial charge in [0.15, 0.2) is 0 Å². The van der Waals surface area contributed by atoms with Crippen molar-refractivity contribution in [3.05, 3.63) is 59.1 Å². The molecule has 0 aliphatic carbocycles. The van der Waals surface area contributed by atoms with E-state index in [1.54, 1.807) is 0 Å². The van der Waals surface area contributed by atoms with Gasteiger partial charge in [-0.25, -0.2) is 9.97 Å². The highest BCUT2D eigenvalue weighted by Crippen LogP contribution is 2.37. The molecule has 1 aromatic heterocycles. The maximum absolute atomic E-state index is 8.39. The minimum absolute atomic E-state index is 0.122. The number of anilines is 2. The Morgan fingerprint density at radius 1 is 1.26 bits per heavy atom. The molecule has 0 radical (unpaired) electrons. The lowest BCUT2D eigenvalue weighted by Gasteiger charge is -2.40. The predicted molar refractivity (Wildman–Crippen MR) is 143 cm³/mol. The molecule has 1 aliphatic rings. The minimum Gasteiger partial charge on any atom is -0.383 e. The number of unbranched alkanes of at least 4 members (excludes halogenated alkanes) is 1. The van der Waals surface area contributed by atoms with Gasteiger partial charge in [-0.15, -0.1) is 0 Å². The topological polar surface area (TPSA) is 90.9 Å². The van der Waals surface area contributed by atoms with E-state index in [1.807, 2.05) is 6.92 Å². The van der Waals surface area contributed by atoms with E-state index >= 15 is 0 Å². The van der Waals surface area contributed by atoms with E-state index in [-0.39, 0.29) is 11.5 Å². The number of rotatable bonds is 9. The molecule has 0 spiro atoms. The first-order valence-electron chi connectivity index (χ1n) is 12.1. The molecule has 34 heavy (non-hydrogen) atoms. The maximum Gasteiger partial charge on any atom is 0.142 e. The van der Waals surface area contributed by atoms with E-state index in [9.17, 15) is 0 Å². The Bertz CT molecular complexity index is 1150. The normalized spacial score (nSPS) is 13.5. The molecule has 1 atom stereocenters. The zero-order chi connectivity index (χ0) is 24.7. The molecule has 6 nitrogen and oxygen atoms in total. The molecule has 0 amide bonds. The Balaban J connectivity index is 1.99. The van der Waals surface area contributed by atoms with E-state index in [2.05, 4.69) is 83.7 Å². The summed E-state index contributed by atoms with van der Waals surface area (Å²) in [6.07, 6.45) is 8.79. The number of nitrogen functional groups attached to an aromatic ring is 1. The highest BCUT2D eigenvalue weighted by atomic mass is 15.2. The van der Waals surface area contributed by atoms with E-state index in [1.165, 1.54) is 29.4 Å². The van der Waals surface area contributed by atoms with Crippen LogP contribution in [0.2, 0.25) is 0 Å². The number of nitrogens with one attached hydrogen (secondary N) is 2. The number of nitrogens with two attached hydrogens (primary N) is 1. The molecule has 1 unspecified atom stereocenters. The third kappa shape index (κ3) is 5.31. The van der Waals surface area contributed by atoms with Crippen LogP contribution in [0.1, 0.15) is 75.1 Å². The van der Waals surface area contributed by atoms with Crippen LogP contribution in [0.3, 0.4) is 0 Å². The summed E-state index contributed by atoms with van der Waals surface area (Å²) < 4.78 is 0. The van der Waals surface area contributed by atoms with Gasteiger partial charge in [-0.2, -0.15) is 0 Å². The molecule has 1 aromatic carbocycles. The van der Waals surface area contributed by atoms with Crippen LogP contribution in [0, 0.1) is 24.2 Å². The van der Waals surface area contributed by atoms with Gasteiger partial charge in [0.2, 0.25) is 0 Å². The molecule has 0 saturated heterocycles. The molecular weight excluding hydrogens is 420 g/mol. The van der Waals surface area contributed by atoms with Crippen molar-refractivity contribution in [2.45, 2.75) is 65.8 Å². The fourth-order valence-electron chi connectivity index (χ4n) is 4.49. The smallest absolute Gasteiger partial charge is 0.142 e. The van der Waals surface area contributed by atoms with Crippen LogP contribution in [-0.2, 0) is 0 Å². The highest BCUT2D eigenvalue weighted by Gasteiger charge is 2.28. The van der Waals surface area contributed by atoms with E-state index in [0.29, 0.717) is 30.4 Å². The predicted octanol–water partition coefficient (Wildman–Crippen LogP) is 5.86. The largest absolute Gasteiger partial charge is 0.383 e. The molecule has 3 rings (SSSR count). The molecule has 0 bridgehead atoms. The van der Waals surface area contributed by atoms with Crippen LogP contribution in [0.4, 0.5) is 11.6 Å². The summed E-state index contributed by atoms with van der Waals surface area (Å²) in [5.41, 5.74) is 12.5. The number of hydrogen-bond donors (Lipinski definition) is 3. The van der Waals surface area contributed by atoms with Crippen molar-refractivity contribution >= 4 is 29.1 Å². The lowest BCUT2D eigenvalue weighted by atomic mass is 9.91. The fraction of sp³-hybridized carbons (Fsp3) is 0.393. The molecule has 6 heteroatoms. The number of nitrogens with zero attached hydrogens (tertiary/aromatic N) is 3. The van der Waals surface area contributed by atoms with Gasteiger partial charge >= 0.3 is 0 Å². The zero-order valence-corrected chi connectivity index (χ0v) is 20.8. The van der Waals surface area contributed by atoms with E-state index in [4.69, 9.17) is 11.1 Å². The Kier molecular flexibility index (Phi) is 8.48. The molecule has 2 heterocycles. The number of fused-ring (bicyclic) bond motifs is 1. The quantitative estimate of drug-likeness (QED) is 0.325. The van der Waals surface area contributed by atoms with Gasteiger partial charge in [0.1, 0.15) is 23.7 Å². The van der Waals surface area contributed by atoms with E-state index < -0.39 is 0 Å². The SMILES string of the molecule is C=C1c2c(C)cccc2C=C(CNc2ncnc(N)c2C(=N)C#CCC)N1C(CC)CCCC. The summed E-state index contributed by atoms with van der Waals surface area (Å²) in [7, 11) is 0. The highest BCUT2D eigenvalue weighted by molar-refractivity contribution is 6.16. The van der Waals surface area contributed by atoms with Gasteiger partial charge in [0.25, 0.3) is 0 Å². The van der Waals surface area contributed by atoms with Gasteiger partial charge in [0, 0.05) is 29.4 Å². The zero-order valence-electron chi connectivity index (χ0n) is 20.8. The Morgan fingerprint density at radius 2 is 2.06 bits per heavy atom. The van der Waals surface area contributed by atoms with Crippen molar-refractivity contribution < 1.29 is 0 Å². The van der Waals surface area contributed by atoms with Gasteiger partial charge in [0.05, 0.1) is 12.1 Å². The van der Waals surface area contributed by atoms with Crippen molar-refractivity contribution in [3.63, 3.8) is 0 Å². The summed E-state index contributed by atoms with van der Waals surface area (Å²) >= 11 is 0. The molecule has 0 fully saturated rings. The lowest BCUT2D eigenvalue weighted by Crippen LogP contribution is -2.37. The second-order valence-electron chi connectivity index (χ2n) is 8.56. The second kappa shape index (κ2) is 11.5. The molecule has 1 aliphatic heterocycles. The number of aryl methyl sites for hydroxylation is 1. The van der Waals surface area contributed by atoms with Gasteiger partial charge in [-0.3, -0.25) is 5.41 Å². The first kappa shape index (κ1) is 25.0. The van der Waals surface area contributed by atoms with Crippen LogP contribution >= 0.6 is 0 Å². The Morgan fingerprint density at radius 3 is 2.76 bits per heavy atom. The minimum atomic E-state index is 0.122. The summed E-state index contributed by atoms with van der Waals surface area (Å²) in [4.78, 5) is 10.9. The monoisotopic (exact) mass is 456 g/mol. The molecule has 0 saturated carbocycles. The maximum atomic E-state index is 8.39. The van der Waals surface area contributed by atoms with Gasteiger partial charge < -0.3 is 16.0 Å². The van der Waals surface area contributed by atoms with Crippen molar-refractivity contribution in [3.8, 4) is 11.8 Å². The van der Waals surface area contributed by atoms with Crippen LogP contribution in [0.5, 0.6) is 0 Å². The molecule has 4 N–H and O–H groups in total.